The van der Waals surface area contributed by atoms with Crippen LogP contribution < -0.4 is 5.32 Å². The Morgan fingerprint density at radius 3 is 2.56 bits per heavy atom. The van der Waals surface area contributed by atoms with Gasteiger partial charge in [-0.15, -0.1) is 0 Å². The third-order valence-electron chi connectivity index (χ3n) is 2.60. The Labute approximate surface area is 102 Å². The first-order valence-electron chi connectivity index (χ1n) is 6.63. The number of hydrogen-bond donors (Lipinski definition) is 1. The standard InChI is InChI=1S/C13H30N2O/c1-5-16-12-6-8-14-9-11-15(4)10-7-13(2)3/h13-14H,5-12H2,1-4H3. The molecule has 0 unspecified atom stereocenters. The third kappa shape index (κ3) is 12.0. The van der Waals surface area contributed by atoms with Gasteiger partial charge in [-0.3, -0.25) is 0 Å². The van der Waals surface area contributed by atoms with Gasteiger partial charge in [0.05, 0.1) is 0 Å². The molecular formula is C13H30N2O. The average molecular weight is 230 g/mol. The van der Waals surface area contributed by atoms with Crippen LogP contribution in [0.1, 0.15) is 33.6 Å². The van der Waals surface area contributed by atoms with Crippen molar-refractivity contribution in [2.24, 2.45) is 5.92 Å². The molecule has 0 aliphatic heterocycles. The van der Waals surface area contributed by atoms with Crippen molar-refractivity contribution in [1.82, 2.24) is 10.2 Å². The van der Waals surface area contributed by atoms with Crippen molar-refractivity contribution >= 4 is 0 Å². The van der Waals surface area contributed by atoms with Gasteiger partial charge in [0.1, 0.15) is 0 Å². The summed E-state index contributed by atoms with van der Waals surface area (Å²) in [5.41, 5.74) is 0. The lowest BCUT2D eigenvalue weighted by atomic mass is 10.1. The van der Waals surface area contributed by atoms with E-state index in [1.54, 1.807) is 0 Å². The zero-order valence-corrected chi connectivity index (χ0v) is 11.6. The Kier molecular flexibility index (Phi) is 11.3. The first kappa shape index (κ1) is 15.9. The van der Waals surface area contributed by atoms with Crippen LogP contribution in [0, 0.1) is 5.92 Å². The monoisotopic (exact) mass is 230 g/mol. The molecule has 3 nitrogen and oxygen atoms in total. The summed E-state index contributed by atoms with van der Waals surface area (Å²) in [6, 6.07) is 0. The van der Waals surface area contributed by atoms with Crippen LogP contribution in [-0.2, 0) is 4.74 Å². The molecule has 0 rings (SSSR count). The quantitative estimate of drug-likeness (QED) is 0.549. The molecule has 0 spiro atoms. The summed E-state index contributed by atoms with van der Waals surface area (Å²) in [5.74, 6) is 0.807. The van der Waals surface area contributed by atoms with E-state index in [1.165, 1.54) is 13.0 Å². The number of hydrogen-bond acceptors (Lipinski definition) is 3. The van der Waals surface area contributed by atoms with Gasteiger partial charge in [-0.2, -0.15) is 0 Å². The fourth-order valence-corrected chi connectivity index (χ4v) is 1.43. The maximum atomic E-state index is 5.28. The van der Waals surface area contributed by atoms with Gasteiger partial charge in [0.15, 0.2) is 0 Å². The van der Waals surface area contributed by atoms with Crippen molar-refractivity contribution in [3.63, 3.8) is 0 Å². The normalized spacial score (nSPS) is 11.6. The minimum Gasteiger partial charge on any atom is -0.382 e. The van der Waals surface area contributed by atoms with Crippen molar-refractivity contribution in [2.45, 2.75) is 33.6 Å². The highest BCUT2D eigenvalue weighted by Gasteiger charge is 1.99. The molecule has 0 aliphatic carbocycles. The summed E-state index contributed by atoms with van der Waals surface area (Å²) in [7, 11) is 2.20. The Morgan fingerprint density at radius 2 is 1.94 bits per heavy atom. The zero-order valence-electron chi connectivity index (χ0n) is 11.6. The minimum absolute atomic E-state index is 0.807. The van der Waals surface area contributed by atoms with Crippen LogP contribution in [0.15, 0.2) is 0 Å². The molecule has 98 valence electrons. The molecular weight excluding hydrogens is 200 g/mol. The second-order valence-electron chi connectivity index (χ2n) is 4.79. The van der Waals surface area contributed by atoms with E-state index in [9.17, 15) is 0 Å². The van der Waals surface area contributed by atoms with Gasteiger partial charge in [0.25, 0.3) is 0 Å². The SMILES string of the molecule is CCOCCCNCCN(C)CCC(C)C. The lowest BCUT2D eigenvalue weighted by Crippen LogP contribution is -2.31. The first-order chi connectivity index (χ1) is 7.66. The molecule has 1 N–H and O–H groups in total. The summed E-state index contributed by atoms with van der Waals surface area (Å²) >= 11 is 0. The van der Waals surface area contributed by atoms with Crippen LogP contribution in [-0.4, -0.2) is 51.3 Å². The number of likely N-dealkylation sites (N-methyl/N-ethyl adjacent to an activating group) is 1. The molecule has 0 saturated carbocycles. The molecule has 0 fully saturated rings. The fourth-order valence-electron chi connectivity index (χ4n) is 1.43. The molecule has 3 heteroatoms. The summed E-state index contributed by atoms with van der Waals surface area (Å²) in [4.78, 5) is 2.40. The second-order valence-corrected chi connectivity index (χ2v) is 4.79. The largest absolute Gasteiger partial charge is 0.382 e. The van der Waals surface area contributed by atoms with Crippen molar-refractivity contribution in [3.05, 3.63) is 0 Å². The molecule has 0 bridgehead atoms. The molecule has 0 aromatic carbocycles. The van der Waals surface area contributed by atoms with E-state index in [-0.39, 0.29) is 0 Å². The summed E-state index contributed by atoms with van der Waals surface area (Å²) in [6.45, 7) is 12.8. The van der Waals surface area contributed by atoms with Gasteiger partial charge in [-0.25, -0.2) is 0 Å². The molecule has 0 aromatic rings. The third-order valence-corrected chi connectivity index (χ3v) is 2.60. The van der Waals surface area contributed by atoms with Crippen LogP contribution in [0.25, 0.3) is 0 Å². The van der Waals surface area contributed by atoms with E-state index in [4.69, 9.17) is 4.74 Å². The van der Waals surface area contributed by atoms with E-state index < -0.39 is 0 Å². The summed E-state index contributed by atoms with van der Waals surface area (Å²) in [5, 5.41) is 3.44. The van der Waals surface area contributed by atoms with Crippen LogP contribution >= 0.6 is 0 Å². The molecule has 0 radical (unpaired) electrons. The maximum Gasteiger partial charge on any atom is 0.0477 e. The molecule has 0 amide bonds. The first-order valence-corrected chi connectivity index (χ1v) is 6.63. The molecule has 0 atom stereocenters. The Hall–Kier alpha value is -0.120. The number of nitrogens with one attached hydrogen (secondary N) is 1. The maximum absolute atomic E-state index is 5.28. The number of nitrogens with zero attached hydrogens (tertiary/aromatic N) is 1. The molecule has 16 heavy (non-hydrogen) atoms. The highest BCUT2D eigenvalue weighted by molar-refractivity contribution is 4.56. The van der Waals surface area contributed by atoms with Gasteiger partial charge in [-0.05, 0) is 45.8 Å². The number of rotatable bonds is 11. The Bertz CT molecular complexity index is 140. The summed E-state index contributed by atoms with van der Waals surface area (Å²) < 4.78 is 5.28. The van der Waals surface area contributed by atoms with Crippen LogP contribution in [0.3, 0.4) is 0 Å². The van der Waals surface area contributed by atoms with Crippen molar-refractivity contribution in [2.75, 3.05) is 46.4 Å². The van der Waals surface area contributed by atoms with Gasteiger partial charge in [-0.1, -0.05) is 13.8 Å². The fraction of sp³-hybridized carbons (Fsp3) is 1.00. The highest BCUT2D eigenvalue weighted by Crippen LogP contribution is 1.99. The molecule has 0 heterocycles. The average Bonchev–Trinajstić information content (AvgIpc) is 2.25. The van der Waals surface area contributed by atoms with Crippen LogP contribution in [0.4, 0.5) is 0 Å². The molecule has 0 saturated heterocycles. The topological polar surface area (TPSA) is 24.5 Å². The smallest absolute Gasteiger partial charge is 0.0477 e. The zero-order chi connectivity index (χ0) is 12.2. The van der Waals surface area contributed by atoms with E-state index in [2.05, 4.69) is 31.1 Å². The summed E-state index contributed by atoms with van der Waals surface area (Å²) in [6.07, 6.45) is 2.41. The van der Waals surface area contributed by atoms with Crippen LogP contribution in [0.5, 0.6) is 0 Å². The van der Waals surface area contributed by atoms with Crippen LogP contribution in [0.2, 0.25) is 0 Å². The van der Waals surface area contributed by atoms with Crippen molar-refractivity contribution < 1.29 is 4.74 Å². The van der Waals surface area contributed by atoms with E-state index in [1.807, 2.05) is 6.92 Å². The second kappa shape index (κ2) is 11.4. The van der Waals surface area contributed by atoms with Gasteiger partial charge in [0.2, 0.25) is 0 Å². The Balaban J connectivity index is 3.12. The van der Waals surface area contributed by atoms with E-state index in [0.29, 0.717) is 0 Å². The predicted molar refractivity (Wildman–Crippen MR) is 70.9 cm³/mol. The van der Waals surface area contributed by atoms with E-state index >= 15 is 0 Å². The number of ether oxygens (including phenoxy) is 1. The minimum atomic E-state index is 0.807. The highest BCUT2D eigenvalue weighted by atomic mass is 16.5. The van der Waals surface area contributed by atoms with Gasteiger partial charge < -0.3 is 15.0 Å². The molecule has 0 aliphatic rings. The predicted octanol–water partition coefficient (Wildman–Crippen LogP) is 1.98. The van der Waals surface area contributed by atoms with Crippen molar-refractivity contribution in [1.29, 1.82) is 0 Å². The lowest BCUT2D eigenvalue weighted by Gasteiger charge is -2.17. The molecule has 0 aromatic heterocycles. The van der Waals surface area contributed by atoms with Crippen molar-refractivity contribution in [3.8, 4) is 0 Å². The lowest BCUT2D eigenvalue weighted by molar-refractivity contribution is 0.144. The van der Waals surface area contributed by atoms with E-state index in [0.717, 1.165) is 45.2 Å². The van der Waals surface area contributed by atoms with Gasteiger partial charge >= 0.3 is 0 Å². The van der Waals surface area contributed by atoms with Gasteiger partial charge in [0, 0.05) is 26.3 Å². The Morgan fingerprint density at radius 1 is 1.19 bits per heavy atom.